The molecule has 0 aliphatic carbocycles. The monoisotopic (exact) mass is 262 g/mol. The van der Waals surface area contributed by atoms with E-state index >= 15 is 0 Å². The highest BCUT2D eigenvalue weighted by atomic mass is 35.5. The molecule has 1 unspecified atom stereocenters. The van der Waals surface area contributed by atoms with Crippen molar-refractivity contribution >= 4 is 23.2 Å². The predicted octanol–water partition coefficient (Wildman–Crippen LogP) is 5.07. The molecule has 3 heteroatoms. The molecule has 0 fully saturated rings. The number of hydrogen-bond donors (Lipinski definition) is 0. The molecule has 0 aliphatic rings. The van der Waals surface area contributed by atoms with Gasteiger partial charge in [-0.15, -0.1) is 11.6 Å². The van der Waals surface area contributed by atoms with Crippen LogP contribution in [0.1, 0.15) is 32.8 Å². The largest absolute Gasteiger partial charge is 0.205 e. The molecule has 0 nitrogen and oxygen atoms in total. The Morgan fingerprint density at radius 2 is 1.94 bits per heavy atom. The van der Waals surface area contributed by atoms with E-state index in [-0.39, 0.29) is 21.6 Å². The summed E-state index contributed by atoms with van der Waals surface area (Å²) in [7, 11) is 0. The normalized spacial score (nSPS) is 13.9. The molecular weight excluding hydrogens is 246 g/mol. The third-order valence-electron chi connectivity index (χ3n) is 2.64. The molecule has 0 aliphatic heterocycles. The van der Waals surface area contributed by atoms with Crippen molar-refractivity contribution in [3.63, 3.8) is 0 Å². The molecule has 0 aromatic heterocycles. The van der Waals surface area contributed by atoms with E-state index < -0.39 is 0 Å². The Morgan fingerprint density at radius 1 is 1.31 bits per heavy atom. The first-order valence-corrected chi connectivity index (χ1v) is 6.21. The zero-order valence-electron chi connectivity index (χ0n) is 9.86. The first kappa shape index (κ1) is 13.8. The number of alkyl halides is 1. The zero-order valence-corrected chi connectivity index (χ0v) is 11.4. The topological polar surface area (TPSA) is 0 Å². The molecule has 0 radical (unpaired) electrons. The molecule has 0 saturated carbocycles. The van der Waals surface area contributed by atoms with Crippen LogP contribution in [-0.4, -0.2) is 5.38 Å². The number of hydrogen-bond acceptors (Lipinski definition) is 0. The fourth-order valence-electron chi connectivity index (χ4n) is 1.46. The Labute approximate surface area is 107 Å². The Morgan fingerprint density at radius 3 is 2.50 bits per heavy atom. The number of aryl methyl sites for hydroxylation is 1. The lowest BCUT2D eigenvalue weighted by Crippen LogP contribution is -2.21. The zero-order chi connectivity index (χ0) is 12.3. The van der Waals surface area contributed by atoms with Crippen molar-refractivity contribution in [3.8, 4) is 0 Å². The van der Waals surface area contributed by atoms with Gasteiger partial charge in [0.2, 0.25) is 0 Å². The molecular formula is C13H17Cl2F. The van der Waals surface area contributed by atoms with Crippen LogP contribution in [0.25, 0.3) is 0 Å². The molecule has 0 N–H and O–H groups in total. The average molecular weight is 263 g/mol. The summed E-state index contributed by atoms with van der Waals surface area (Å²) in [6, 6.07) is 5.08. The van der Waals surface area contributed by atoms with Gasteiger partial charge < -0.3 is 0 Å². The van der Waals surface area contributed by atoms with Gasteiger partial charge in [0.15, 0.2) is 0 Å². The van der Waals surface area contributed by atoms with Gasteiger partial charge in [-0.3, -0.25) is 0 Å². The van der Waals surface area contributed by atoms with Crippen molar-refractivity contribution in [2.45, 2.75) is 39.0 Å². The second kappa shape index (κ2) is 5.37. The Bertz CT molecular complexity index is 355. The lowest BCUT2D eigenvalue weighted by Gasteiger charge is -2.25. The minimum Gasteiger partial charge on any atom is -0.205 e. The maximum absolute atomic E-state index is 13.6. The summed E-state index contributed by atoms with van der Waals surface area (Å²) in [5.74, 6) is -0.318. The standard InChI is InChI=1S/C13H17Cl2F/c1-13(2,3)11(15)8-7-9-5-4-6-10(14)12(9)16/h4-6,11H,7-8H2,1-3H3. The van der Waals surface area contributed by atoms with Gasteiger partial charge in [-0.2, -0.15) is 0 Å². The summed E-state index contributed by atoms with van der Waals surface area (Å²) in [5, 5.41) is 0.213. The third kappa shape index (κ3) is 3.64. The van der Waals surface area contributed by atoms with Crippen LogP contribution in [0.4, 0.5) is 4.39 Å². The van der Waals surface area contributed by atoms with Crippen molar-refractivity contribution in [2.75, 3.05) is 0 Å². The van der Waals surface area contributed by atoms with Gasteiger partial charge in [0.05, 0.1) is 5.02 Å². The molecule has 0 bridgehead atoms. The van der Waals surface area contributed by atoms with Gasteiger partial charge in [0.25, 0.3) is 0 Å². The fraction of sp³-hybridized carbons (Fsp3) is 0.538. The molecule has 0 heterocycles. The van der Waals surface area contributed by atoms with E-state index in [4.69, 9.17) is 23.2 Å². The van der Waals surface area contributed by atoms with Gasteiger partial charge in [-0.25, -0.2) is 4.39 Å². The highest BCUT2D eigenvalue weighted by Gasteiger charge is 2.22. The average Bonchev–Trinajstić information content (AvgIpc) is 2.18. The van der Waals surface area contributed by atoms with E-state index in [1.165, 1.54) is 0 Å². The van der Waals surface area contributed by atoms with E-state index in [1.807, 2.05) is 0 Å². The lowest BCUT2D eigenvalue weighted by atomic mass is 9.88. The van der Waals surface area contributed by atoms with Gasteiger partial charge in [0, 0.05) is 5.38 Å². The van der Waals surface area contributed by atoms with E-state index in [0.717, 1.165) is 6.42 Å². The van der Waals surface area contributed by atoms with Crippen molar-refractivity contribution in [1.29, 1.82) is 0 Å². The Kier molecular flexibility index (Phi) is 4.63. The smallest absolute Gasteiger partial charge is 0.144 e. The fourth-order valence-corrected chi connectivity index (χ4v) is 1.76. The molecule has 1 aromatic rings. The van der Waals surface area contributed by atoms with E-state index in [1.54, 1.807) is 18.2 Å². The van der Waals surface area contributed by atoms with Crippen LogP contribution in [0.2, 0.25) is 5.02 Å². The van der Waals surface area contributed by atoms with Gasteiger partial charge in [0.1, 0.15) is 5.82 Å². The van der Waals surface area contributed by atoms with Crippen molar-refractivity contribution < 1.29 is 4.39 Å². The van der Waals surface area contributed by atoms with Gasteiger partial charge in [-0.1, -0.05) is 44.5 Å². The Hall–Kier alpha value is -0.270. The second-order valence-corrected chi connectivity index (χ2v) is 6.02. The summed E-state index contributed by atoms with van der Waals surface area (Å²) in [4.78, 5) is 0. The van der Waals surface area contributed by atoms with Crippen LogP contribution in [-0.2, 0) is 6.42 Å². The van der Waals surface area contributed by atoms with Gasteiger partial charge >= 0.3 is 0 Å². The third-order valence-corrected chi connectivity index (χ3v) is 3.80. The maximum atomic E-state index is 13.6. The van der Waals surface area contributed by atoms with E-state index in [0.29, 0.717) is 12.0 Å². The quantitative estimate of drug-likeness (QED) is 0.668. The molecule has 0 spiro atoms. The van der Waals surface area contributed by atoms with Crippen LogP contribution < -0.4 is 0 Å². The van der Waals surface area contributed by atoms with Crippen LogP contribution in [0, 0.1) is 11.2 Å². The minimum absolute atomic E-state index is 0.0332. The summed E-state index contributed by atoms with van der Waals surface area (Å²) in [6.07, 6.45) is 1.38. The van der Waals surface area contributed by atoms with Crippen molar-refractivity contribution in [3.05, 3.63) is 34.6 Å². The number of rotatable bonds is 3. The molecule has 16 heavy (non-hydrogen) atoms. The lowest BCUT2D eigenvalue weighted by molar-refractivity contribution is 0.373. The van der Waals surface area contributed by atoms with E-state index in [2.05, 4.69) is 20.8 Å². The molecule has 1 atom stereocenters. The summed E-state index contributed by atoms with van der Waals surface area (Å²) >= 11 is 12.0. The van der Waals surface area contributed by atoms with Crippen LogP contribution in [0.5, 0.6) is 0 Å². The second-order valence-electron chi connectivity index (χ2n) is 5.09. The van der Waals surface area contributed by atoms with Crippen LogP contribution in [0.3, 0.4) is 0 Å². The molecule has 0 amide bonds. The van der Waals surface area contributed by atoms with Crippen LogP contribution >= 0.6 is 23.2 Å². The van der Waals surface area contributed by atoms with Gasteiger partial charge in [-0.05, 0) is 29.9 Å². The molecule has 1 aromatic carbocycles. The first-order chi connectivity index (χ1) is 7.32. The number of benzene rings is 1. The SMILES string of the molecule is CC(C)(C)C(Cl)CCc1cccc(Cl)c1F. The highest BCUT2D eigenvalue weighted by molar-refractivity contribution is 6.30. The number of halogens is 3. The van der Waals surface area contributed by atoms with E-state index in [9.17, 15) is 4.39 Å². The Balaban J connectivity index is 2.65. The maximum Gasteiger partial charge on any atom is 0.144 e. The highest BCUT2D eigenvalue weighted by Crippen LogP contribution is 2.29. The van der Waals surface area contributed by atoms with Crippen LogP contribution in [0.15, 0.2) is 18.2 Å². The predicted molar refractivity (Wildman–Crippen MR) is 68.8 cm³/mol. The van der Waals surface area contributed by atoms with Crippen molar-refractivity contribution in [2.24, 2.45) is 5.41 Å². The summed E-state index contributed by atoms with van der Waals surface area (Å²) in [5.41, 5.74) is 0.679. The first-order valence-electron chi connectivity index (χ1n) is 5.39. The summed E-state index contributed by atoms with van der Waals surface area (Å²) < 4.78 is 13.6. The minimum atomic E-state index is -0.318. The van der Waals surface area contributed by atoms with Crippen molar-refractivity contribution in [1.82, 2.24) is 0 Å². The molecule has 1 rings (SSSR count). The molecule has 0 saturated heterocycles. The summed E-state index contributed by atoms with van der Waals surface area (Å²) in [6.45, 7) is 6.25. The molecule has 90 valence electrons.